The summed E-state index contributed by atoms with van der Waals surface area (Å²) in [5, 5.41) is 10.3. The molecule has 0 aliphatic heterocycles. The second kappa shape index (κ2) is 5.54. The van der Waals surface area contributed by atoms with Gasteiger partial charge in [-0.15, -0.1) is 0 Å². The Bertz CT molecular complexity index is 633. The van der Waals surface area contributed by atoms with Gasteiger partial charge in [0, 0.05) is 13.1 Å². The molecule has 0 fully saturated rings. The third-order valence-corrected chi connectivity index (χ3v) is 4.34. The van der Waals surface area contributed by atoms with E-state index in [1.54, 1.807) is 0 Å². The summed E-state index contributed by atoms with van der Waals surface area (Å²) < 4.78 is 60.3. The van der Waals surface area contributed by atoms with Crippen molar-refractivity contribution in [3.8, 4) is 0 Å². The van der Waals surface area contributed by atoms with Crippen LogP contribution in [0.2, 0.25) is 5.02 Å². The van der Waals surface area contributed by atoms with Crippen molar-refractivity contribution in [3.63, 3.8) is 0 Å². The molecule has 11 heteroatoms. The van der Waals surface area contributed by atoms with E-state index >= 15 is 0 Å². The predicted octanol–water partition coefficient (Wildman–Crippen LogP) is 2.43. The lowest BCUT2D eigenvalue weighted by molar-refractivity contribution is -0.384. The minimum Gasteiger partial charge on any atom is -0.258 e. The Labute approximate surface area is 116 Å². The molecule has 0 radical (unpaired) electrons. The highest BCUT2D eigenvalue weighted by Crippen LogP contribution is 2.29. The smallest absolute Gasteiger partial charge is 0.258 e. The van der Waals surface area contributed by atoms with Crippen molar-refractivity contribution >= 4 is 27.3 Å². The van der Waals surface area contributed by atoms with Gasteiger partial charge in [0.15, 0.2) is 0 Å². The van der Waals surface area contributed by atoms with Gasteiger partial charge in [0.25, 0.3) is 5.69 Å². The fraction of sp³-hybridized carbons (Fsp3) is 0.333. The van der Waals surface area contributed by atoms with E-state index in [9.17, 15) is 31.7 Å². The summed E-state index contributed by atoms with van der Waals surface area (Å²) in [6.45, 7) is -1.70. The van der Waals surface area contributed by atoms with E-state index in [1.807, 2.05) is 0 Å². The van der Waals surface area contributed by atoms with E-state index in [0.717, 1.165) is 19.2 Å². The van der Waals surface area contributed by atoms with E-state index < -0.39 is 38.3 Å². The van der Waals surface area contributed by atoms with E-state index in [0.29, 0.717) is 6.07 Å². The third-order valence-electron chi connectivity index (χ3n) is 2.22. The quantitative estimate of drug-likeness (QED) is 0.626. The molecule has 0 N–H and O–H groups in total. The van der Waals surface area contributed by atoms with Crippen molar-refractivity contribution in [2.24, 2.45) is 0 Å². The first kappa shape index (κ1) is 16.7. The van der Waals surface area contributed by atoms with Gasteiger partial charge in [-0.05, 0) is 12.1 Å². The second-order valence-electron chi connectivity index (χ2n) is 3.75. The molecule has 0 atom stereocenters. The van der Waals surface area contributed by atoms with Crippen LogP contribution in [0.5, 0.6) is 0 Å². The Morgan fingerprint density at radius 3 is 2.40 bits per heavy atom. The lowest BCUT2D eigenvalue weighted by Crippen LogP contribution is -2.35. The molecule has 0 aromatic heterocycles. The van der Waals surface area contributed by atoms with Gasteiger partial charge in [-0.1, -0.05) is 11.6 Å². The van der Waals surface area contributed by atoms with Crippen LogP contribution in [0, 0.1) is 10.1 Å². The summed E-state index contributed by atoms with van der Waals surface area (Å²) in [4.78, 5) is 9.07. The third kappa shape index (κ3) is 3.81. The largest absolute Gasteiger partial charge is 0.402 e. The molecule has 0 saturated carbocycles. The zero-order valence-corrected chi connectivity index (χ0v) is 11.5. The summed E-state index contributed by atoms with van der Waals surface area (Å²) in [7, 11) is -3.77. The minimum absolute atomic E-state index is 0.0555. The van der Waals surface area contributed by atoms with Gasteiger partial charge in [0.1, 0.15) is 11.6 Å². The van der Waals surface area contributed by atoms with Crippen LogP contribution in [0.15, 0.2) is 23.1 Å². The van der Waals surface area contributed by atoms with E-state index in [2.05, 4.69) is 0 Å². The molecule has 0 aliphatic carbocycles. The van der Waals surface area contributed by atoms with Gasteiger partial charge in [-0.3, -0.25) is 10.1 Å². The first-order valence-corrected chi connectivity index (χ1v) is 6.74. The van der Waals surface area contributed by atoms with Crippen LogP contribution < -0.4 is 0 Å². The monoisotopic (exact) mass is 332 g/mol. The number of hydrogen-bond acceptors (Lipinski definition) is 4. The highest BCUT2D eigenvalue weighted by Gasteiger charge is 2.35. The molecular formula is C9H8ClF3N2O4S. The molecule has 1 aromatic carbocycles. The van der Waals surface area contributed by atoms with Gasteiger partial charge in [0.2, 0.25) is 10.0 Å². The number of nitro benzene ring substituents is 1. The zero-order valence-electron chi connectivity index (χ0n) is 9.89. The van der Waals surface area contributed by atoms with Crippen molar-refractivity contribution in [1.82, 2.24) is 4.31 Å². The Hall–Kier alpha value is -1.39. The van der Waals surface area contributed by atoms with Gasteiger partial charge >= 0.3 is 6.18 Å². The minimum atomic E-state index is -4.72. The van der Waals surface area contributed by atoms with E-state index in [1.165, 1.54) is 0 Å². The summed E-state index contributed by atoms with van der Waals surface area (Å²) in [6.07, 6.45) is -4.72. The summed E-state index contributed by atoms with van der Waals surface area (Å²) in [6, 6.07) is 2.45. The van der Waals surface area contributed by atoms with Crippen molar-refractivity contribution in [2.75, 3.05) is 13.6 Å². The van der Waals surface area contributed by atoms with Crippen LogP contribution in [0.3, 0.4) is 0 Å². The van der Waals surface area contributed by atoms with Crippen LogP contribution >= 0.6 is 11.6 Å². The molecular weight excluding hydrogens is 325 g/mol. The number of benzene rings is 1. The standard InChI is InChI=1S/C9H8ClF3N2O4S/c1-14(5-9(11,12)13)20(18,19)6-2-3-7(10)8(4-6)15(16)17/h2-4H,5H2,1H3. The molecule has 0 aliphatic rings. The molecule has 0 amide bonds. The first-order chi connectivity index (χ1) is 8.95. The average molecular weight is 333 g/mol. The van der Waals surface area contributed by atoms with Gasteiger partial charge in [-0.25, -0.2) is 8.42 Å². The number of hydrogen-bond donors (Lipinski definition) is 0. The highest BCUT2D eigenvalue weighted by molar-refractivity contribution is 7.89. The van der Waals surface area contributed by atoms with E-state index in [4.69, 9.17) is 11.6 Å². The molecule has 20 heavy (non-hydrogen) atoms. The lowest BCUT2D eigenvalue weighted by atomic mass is 10.3. The SMILES string of the molecule is CN(CC(F)(F)F)S(=O)(=O)c1ccc(Cl)c([N+](=O)[O-])c1. The van der Waals surface area contributed by atoms with Crippen LogP contribution in [0.1, 0.15) is 0 Å². The molecule has 1 aromatic rings. The second-order valence-corrected chi connectivity index (χ2v) is 6.20. The summed E-state index contributed by atoms with van der Waals surface area (Å²) in [5.41, 5.74) is -0.701. The van der Waals surface area contributed by atoms with Crippen LogP contribution in [-0.2, 0) is 10.0 Å². The topological polar surface area (TPSA) is 80.5 Å². The van der Waals surface area contributed by atoms with Gasteiger partial charge in [-0.2, -0.15) is 17.5 Å². The fourth-order valence-corrected chi connectivity index (χ4v) is 2.67. The number of nitro groups is 1. The van der Waals surface area contributed by atoms with Crippen molar-refractivity contribution in [3.05, 3.63) is 33.3 Å². The maximum Gasteiger partial charge on any atom is 0.402 e. The molecule has 0 bridgehead atoms. The summed E-state index contributed by atoms with van der Waals surface area (Å²) >= 11 is 5.50. The number of nitrogens with zero attached hydrogens (tertiary/aromatic N) is 2. The molecule has 0 unspecified atom stereocenters. The molecule has 0 heterocycles. The van der Waals surface area contributed by atoms with Crippen molar-refractivity contribution < 1.29 is 26.5 Å². The van der Waals surface area contributed by atoms with Crippen LogP contribution in [0.4, 0.5) is 18.9 Å². The molecule has 0 saturated heterocycles. The lowest BCUT2D eigenvalue weighted by Gasteiger charge is -2.18. The summed E-state index contributed by atoms with van der Waals surface area (Å²) in [5.74, 6) is 0. The first-order valence-electron chi connectivity index (χ1n) is 4.92. The molecule has 112 valence electrons. The Kier molecular flexibility index (Phi) is 4.62. The zero-order chi connectivity index (χ0) is 15.7. The van der Waals surface area contributed by atoms with Gasteiger partial charge in [0.05, 0.1) is 9.82 Å². The maximum atomic E-state index is 12.2. The predicted molar refractivity (Wildman–Crippen MR) is 64.0 cm³/mol. The van der Waals surface area contributed by atoms with Crippen LogP contribution in [0.25, 0.3) is 0 Å². The molecule has 1 rings (SSSR count). The fourth-order valence-electron chi connectivity index (χ4n) is 1.31. The van der Waals surface area contributed by atoms with E-state index in [-0.39, 0.29) is 9.33 Å². The number of rotatable bonds is 4. The number of alkyl halides is 3. The Morgan fingerprint density at radius 1 is 1.40 bits per heavy atom. The highest BCUT2D eigenvalue weighted by atomic mass is 35.5. The normalized spacial score (nSPS) is 12.7. The number of sulfonamides is 1. The van der Waals surface area contributed by atoms with Crippen molar-refractivity contribution in [2.45, 2.75) is 11.1 Å². The molecule has 0 spiro atoms. The Morgan fingerprint density at radius 2 is 1.95 bits per heavy atom. The van der Waals surface area contributed by atoms with Crippen molar-refractivity contribution in [1.29, 1.82) is 0 Å². The van der Waals surface area contributed by atoms with Crippen LogP contribution in [-0.4, -0.2) is 37.4 Å². The maximum absolute atomic E-state index is 12.2. The molecule has 6 nitrogen and oxygen atoms in total. The Balaban J connectivity index is 3.23. The average Bonchev–Trinajstić information content (AvgIpc) is 2.26. The van der Waals surface area contributed by atoms with Gasteiger partial charge < -0.3 is 0 Å². The number of halogens is 4.